The molecule has 8 heteroatoms. The number of fused-ring (bicyclic) bond motifs is 3. The second-order valence-electron chi connectivity index (χ2n) is 10.5. The molecule has 5 nitrogen and oxygen atoms in total. The Bertz CT molecular complexity index is 2070. The minimum absolute atomic E-state index is 0.0437. The van der Waals surface area contributed by atoms with Crippen molar-refractivity contribution in [1.29, 1.82) is 0 Å². The number of allylic oxidation sites excluding steroid dienone is 1. The summed E-state index contributed by atoms with van der Waals surface area (Å²) >= 11 is 6.07. The number of aryl methyl sites for hydroxylation is 1. The van der Waals surface area contributed by atoms with Crippen LogP contribution in [0.15, 0.2) is 106 Å². The number of methoxy groups -OCH3 is 1. The van der Waals surface area contributed by atoms with Crippen molar-refractivity contribution in [2.24, 2.45) is 4.99 Å². The van der Waals surface area contributed by atoms with E-state index in [1.807, 2.05) is 41.0 Å². The molecule has 0 radical (unpaired) electrons. The third-order valence-electron chi connectivity index (χ3n) is 7.85. The lowest BCUT2D eigenvalue weighted by molar-refractivity contribution is 0.303. The fourth-order valence-electron chi connectivity index (χ4n) is 5.82. The molecule has 0 spiro atoms. The number of nitrogens with zero attached hydrogens (tertiary/aromatic N) is 2. The van der Waals surface area contributed by atoms with Crippen LogP contribution in [-0.2, 0) is 13.0 Å². The van der Waals surface area contributed by atoms with Crippen molar-refractivity contribution in [3.63, 3.8) is 0 Å². The predicted octanol–water partition coefficient (Wildman–Crippen LogP) is 7.12. The highest BCUT2D eigenvalue weighted by atomic mass is 127. The monoisotopic (exact) mass is 808 g/mol. The zero-order valence-corrected chi connectivity index (χ0v) is 28.4. The van der Waals surface area contributed by atoms with Crippen molar-refractivity contribution in [3.8, 4) is 11.5 Å². The van der Waals surface area contributed by atoms with Gasteiger partial charge in [0.2, 0.25) is 0 Å². The Hall–Kier alpha value is -3.22. The van der Waals surface area contributed by atoms with Gasteiger partial charge in [0.25, 0.3) is 5.56 Å². The van der Waals surface area contributed by atoms with E-state index in [-0.39, 0.29) is 11.6 Å². The Morgan fingerprint density at radius 3 is 2.53 bits per heavy atom. The van der Waals surface area contributed by atoms with Crippen LogP contribution in [0.5, 0.6) is 11.5 Å². The molecule has 0 saturated heterocycles. The molecule has 214 valence electrons. The molecule has 0 amide bonds. The molecule has 4 aromatic carbocycles. The fraction of sp³-hybridized carbons (Fsp3) is 0.143. The molecule has 1 aromatic heterocycles. The van der Waals surface area contributed by atoms with Crippen LogP contribution in [0.4, 0.5) is 0 Å². The third-order valence-corrected chi connectivity index (χ3v) is 10.3. The van der Waals surface area contributed by atoms with Gasteiger partial charge in [-0.15, -0.1) is 0 Å². The van der Waals surface area contributed by atoms with Crippen LogP contribution in [0.3, 0.4) is 0 Å². The average Bonchev–Trinajstić information content (AvgIpc) is 3.34. The SMILES string of the molecule is COc1ccc([C@H]2C3=C(N=c4s/c(=C/c5cc(I)cc(I)c5OCc5ccccc5)c(=O)n42)c2ccccc2CC3)cc1. The molecule has 1 atom stereocenters. The summed E-state index contributed by atoms with van der Waals surface area (Å²) in [7, 11) is 1.67. The predicted molar refractivity (Wildman–Crippen MR) is 188 cm³/mol. The number of benzene rings is 4. The summed E-state index contributed by atoms with van der Waals surface area (Å²) in [5, 5.41) is 0. The number of hydrogen-bond acceptors (Lipinski definition) is 5. The molecular weight excluding hydrogens is 782 g/mol. The molecule has 7 rings (SSSR count). The molecule has 0 saturated carbocycles. The molecule has 5 aromatic rings. The maximum absolute atomic E-state index is 14.3. The van der Waals surface area contributed by atoms with Gasteiger partial charge in [-0.25, -0.2) is 4.99 Å². The Kier molecular flexibility index (Phi) is 8.00. The zero-order valence-electron chi connectivity index (χ0n) is 23.2. The van der Waals surface area contributed by atoms with Gasteiger partial charge in [-0.3, -0.25) is 9.36 Å². The average molecular weight is 808 g/mol. The van der Waals surface area contributed by atoms with E-state index < -0.39 is 0 Å². The molecule has 2 aliphatic rings. The second-order valence-corrected chi connectivity index (χ2v) is 13.9. The van der Waals surface area contributed by atoms with E-state index in [9.17, 15) is 4.79 Å². The lowest BCUT2D eigenvalue weighted by Gasteiger charge is -2.30. The summed E-state index contributed by atoms with van der Waals surface area (Å²) in [6, 6.07) is 30.6. The van der Waals surface area contributed by atoms with E-state index in [4.69, 9.17) is 14.5 Å². The minimum atomic E-state index is -0.238. The summed E-state index contributed by atoms with van der Waals surface area (Å²) in [6.45, 7) is 0.448. The van der Waals surface area contributed by atoms with Gasteiger partial charge in [0, 0.05) is 14.7 Å². The van der Waals surface area contributed by atoms with Gasteiger partial charge in [0.1, 0.15) is 18.1 Å². The van der Waals surface area contributed by atoms with Gasteiger partial charge in [0.15, 0.2) is 4.80 Å². The van der Waals surface area contributed by atoms with Crippen molar-refractivity contribution in [2.45, 2.75) is 25.5 Å². The summed E-state index contributed by atoms with van der Waals surface area (Å²) in [5.41, 5.74) is 7.60. The van der Waals surface area contributed by atoms with Crippen LogP contribution < -0.4 is 24.4 Å². The van der Waals surface area contributed by atoms with Crippen molar-refractivity contribution in [3.05, 3.63) is 151 Å². The van der Waals surface area contributed by atoms with Gasteiger partial charge >= 0.3 is 0 Å². The van der Waals surface area contributed by atoms with Crippen molar-refractivity contribution >= 4 is 68.3 Å². The first kappa shape index (κ1) is 28.5. The summed E-state index contributed by atoms with van der Waals surface area (Å²) < 4.78 is 16.4. The van der Waals surface area contributed by atoms with Gasteiger partial charge in [-0.05, 0) is 111 Å². The largest absolute Gasteiger partial charge is 0.497 e. The Morgan fingerprint density at radius 2 is 1.74 bits per heavy atom. The molecule has 1 aliphatic heterocycles. The first-order valence-corrected chi connectivity index (χ1v) is 16.9. The smallest absolute Gasteiger partial charge is 0.271 e. The molecule has 43 heavy (non-hydrogen) atoms. The number of thiazole rings is 1. The minimum Gasteiger partial charge on any atom is -0.497 e. The van der Waals surface area contributed by atoms with Crippen molar-refractivity contribution in [1.82, 2.24) is 4.57 Å². The molecule has 0 N–H and O–H groups in total. The van der Waals surface area contributed by atoms with Gasteiger partial charge in [-0.1, -0.05) is 78.1 Å². The van der Waals surface area contributed by atoms with E-state index in [1.165, 1.54) is 22.5 Å². The molecular formula is C35H26I2N2O3S. The highest BCUT2D eigenvalue weighted by Gasteiger charge is 2.32. The van der Waals surface area contributed by atoms with Crippen LogP contribution >= 0.6 is 56.5 Å². The highest BCUT2D eigenvalue weighted by Crippen LogP contribution is 2.41. The van der Waals surface area contributed by atoms with Crippen LogP contribution in [0, 0.1) is 7.14 Å². The first-order chi connectivity index (χ1) is 21.0. The van der Waals surface area contributed by atoms with E-state index in [0.29, 0.717) is 15.9 Å². The molecule has 2 heterocycles. The topological polar surface area (TPSA) is 52.8 Å². The quantitative estimate of drug-likeness (QED) is 0.172. The lowest BCUT2D eigenvalue weighted by Crippen LogP contribution is -2.38. The number of halogens is 2. The maximum atomic E-state index is 14.3. The lowest BCUT2D eigenvalue weighted by atomic mass is 9.83. The fourth-order valence-corrected chi connectivity index (χ4v) is 8.86. The Balaban J connectivity index is 1.40. The van der Waals surface area contributed by atoms with Crippen LogP contribution in [-0.4, -0.2) is 11.7 Å². The van der Waals surface area contributed by atoms with E-state index in [2.05, 4.69) is 106 Å². The Morgan fingerprint density at radius 1 is 0.977 bits per heavy atom. The van der Waals surface area contributed by atoms with Crippen molar-refractivity contribution in [2.75, 3.05) is 7.11 Å². The first-order valence-electron chi connectivity index (χ1n) is 13.9. The van der Waals surface area contributed by atoms with E-state index in [0.717, 1.165) is 59.4 Å². The molecule has 1 aliphatic carbocycles. The highest BCUT2D eigenvalue weighted by molar-refractivity contribution is 14.1. The second kappa shape index (κ2) is 12.0. The number of rotatable bonds is 6. The maximum Gasteiger partial charge on any atom is 0.271 e. The number of aromatic nitrogens is 1. The molecule has 0 unspecified atom stereocenters. The van der Waals surface area contributed by atoms with Gasteiger partial charge in [-0.2, -0.15) is 0 Å². The number of ether oxygens (including phenoxy) is 2. The van der Waals surface area contributed by atoms with Crippen LogP contribution in [0.25, 0.3) is 11.8 Å². The standard InChI is InChI=1S/C35H26I2N2O3S/c1-41-26-14-11-23(12-15-26)32-28-16-13-22-9-5-6-10-27(22)31(28)38-35-39(32)34(40)30(43-35)18-24-17-25(36)19-29(37)33(24)42-20-21-7-3-2-4-8-21/h2-12,14-15,17-19,32H,13,16,20H2,1H3/b30-18+/t32-/m0/s1. The molecule has 0 bridgehead atoms. The van der Waals surface area contributed by atoms with Gasteiger partial charge in [0.05, 0.1) is 27.0 Å². The Labute approximate surface area is 280 Å². The summed E-state index contributed by atoms with van der Waals surface area (Å²) in [6.07, 6.45) is 3.74. The molecule has 0 fully saturated rings. The number of hydrogen-bond donors (Lipinski definition) is 0. The van der Waals surface area contributed by atoms with Crippen molar-refractivity contribution < 1.29 is 9.47 Å². The summed E-state index contributed by atoms with van der Waals surface area (Å²) in [4.78, 5) is 20.2. The van der Waals surface area contributed by atoms with E-state index in [1.54, 1.807) is 7.11 Å². The normalized spacial score (nSPS) is 15.8. The van der Waals surface area contributed by atoms with E-state index >= 15 is 0 Å². The van der Waals surface area contributed by atoms with Gasteiger partial charge < -0.3 is 9.47 Å². The van der Waals surface area contributed by atoms with Crippen LogP contribution in [0.2, 0.25) is 0 Å². The van der Waals surface area contributed by atoms with Crippen LogP contribution in [0.1, 0.15) is 40.3 Å². The third kappa shape index (κ3) is 5.49. The zero-order chi connectivity index (χ0) is 29.5. The summed E-state index contributed by atoms with van der Waals surface area (Å²) in [5.74, 6) is 1.56.